The molecule has 1 N–H and O–H groups in total. The molecule has 4 atom stereocenters. The summed E-state index contributed by atoms with van der Waals surface area (Å²) in [7, 11) is 0. The molecule has 0 radical (unpaired) electrons. The Bertz CT molecular complexity index is 236. The molecular weight excluding hydrogens is 218 g/mol. The highest BCUT2D eigenvalue weighted by atomic mass is 15.0. The molecule has 2 saturated carbocycles. The number of nitrogens with one attached hydrogen (secondary N) is 1. The van der Waals surface area contributed by atoms with Crippen LogP contribution in [0.2, 0.25) is 0 Å². The molecule has 0 spiro atoms. The van der Waals surface area contributed by atoms with Gasteiger partial charge in [0.2, 0.25) is 0 Å². The Morgan fingerprint density at radius 3 is 2.50 bits per heavy atom. The van der Waals surface area contributed by atoms with Gasteiger partial charge in [-0.1, -0.05) is 46.5 Å². The van der Waals surface area contributed by atoms with Gasteiger partial charge >= 0.3 is 0 Å². The van der Waals surface area contributed by atoms with Gasteiger partial charge in [-0.25, -0.2) is 0 Å². The zero-order valence-corrected chi connectivity index (χ0v) is 12.8. The lowest BCUT2D eigenvalue weighted by atomic mass is 9.79. The lowest BCUT2D eigenvalue weighted by molar-refractivity contribution is 0.199. The van der Waals surface area contributed by atoms with Crippen molar-refractivity contribution in [2.75, 3.05) is 0 Å². The third-order valence-electron chi connectivity index (χ3n) is 5.15. The van der Waals surface area contributed by atoms with Crippen LogP contribution >= 0.6 is 0 Å². The van der Waals surface area contributed by atoms with E-state index in [1.165, 1.54) is 57.8 Å². The van der Waals surface area contributed by atoms with Gasteiger partial charge in [0.05, 0.1) is 0 Å². The highest BCUT2D eigenvalue weighted by molar-refractivity contribution is 4.85. The van der Waals surface area contributed by atoms with Gasteiger partial charge in [0.15, 0.2) is 0 Å². The predicted molar refractivity (Wildman–Crippen MR) is 79.8 cm³/mol. The maximum absolute atomic E-state index is 4.01. The minimum Gasteiger partial charge on any atom is -0.311 e. The molecule has 2 fully saturated rings. The summed E-state index contributed by atoms with van der Waals surface area (Å²) in [6, 6.07) is 1.65. The third kappa shape index (κ3) is 4.26. The summed E-state index contributed by atoms with van der Waals surface area (Å²) < 4.78 is 0. The van der Waals surface area contributed by atoms with Crippen molar-refractivity contribution >= 4 is 0 Å². The summed E-state index contributed by atoms with van der Waals surface area (Å²) in [5, 5.41) is 4.01. The Hall–Kier alpha value is -0.0400. The van der Waals surface area contributed by atoms with Gasteiger partial charge in [-0.05, 0) is 49.9 Å². The van der Waals surface area contributed by atoms with E-state index in [9.17, 15) is 0 Å². The van der Waals surface area contributed by atoms with E-state index in [4.69, 9.17) is 0 Å². The zero-order chi connectivity index (χ0) is 13.0. The van der Waals surface area contributed by atoms with E-state index in [0.29, 0.717) is 0 Å². The van der Waals surface area contributed by atoms with Crippen LogP contribution in [0.1, 0.15) is 78.6 Å². The smallest absolute Gasteiger partial charge is 0.00952 e. The van der Waals surface area contributed by atoms with Crippen LogP contribution in [0.4, 0.5) is 0 Å². The van der Waals surface area contributed by atoms with Crippen molar-refractivity contribution in [2.45, 2.75) is 90.6 Å². The summed E-state index contributed by atoms with van der Waals surface area (Å²) in [5.74, 6) is 2.78. The first kappa shape index (κ1) is 14.4. The predicted octanol–water partition coefficient (Wildman–Crippen LogP) is 4.76. The standard InChI is InChI=1S/C17H33N/c1-13(2)11-15-8-6-9-16(12-15)18-17-10-5-4-7-14(17)3/h13-18H,4-12H2,1-3H3. The highest BCUT2D eigenvalue weighted by Crippen LogP contribution is 2.31. The Morgan fingerprint density at radius 2 is 1.78 bits per heavy atom. The van der Waals surface area contributed by atoms with Crippen molar-refractivity contribution in [3.8, 4) is 0 Å². The van der Waals surface area contributed by atoms with E-state index in [0.717, 1.165) is 29.8 Å². The Kier molecular flexibility index (Phi) is 5.54. The maximum Gasteiger partial charge on any atom is 0.00952 e. The van der Waals surface area contributed by atoms with Crippen LogP contribution in [-0.2, 0) is 0 Å². The molecule has 2 aliphatic carbocycles. The summed E-state index contributed by atoms with van der Waals surface area (Å²) in [4.78, 5) is 0. The van der Waals surface area contributed by atoms with Crippen LogP contribution in [0.15, 0.2) is 0 Å². The Morgan fingerprint density at radius 1 is 1.00 bits per heavy atom. The van der Waals surface area contributed by atoms with Gasteiger partial charge in [0, 0.05) is 12.1 Å². The van der Waals surface area contributed by atoms with Crippen LogP contribution in [0.25, 0.3) is 0 Å². The van der Waals surface area contributed by atoms with E-state index < -0.39 is 0 Å². The van der Waals surface area contributed by atoms with Gasteiger partial charge in [0.1, 0.15) is 0 Å². The topological polar surface area (TPSA) is 12.0 Å². The highest BCUT2D eigenvalue weighted by Gasteiger charge is 2.27. The Balaban J connectivity index is 1.77. The summed E-state index contributed by atoms with van der Waals surface area (Å²) in [5.41, 5.74) is 0. The SMILES string of the molecule is CC(C)CC1CCCC(NC2CCCCC2C)C1. The van der Waals surface area contributed by atoms with Crippen molar-refractivity contribution in [1.82, 2.24) is 5.32 Å². The second-order valence-electron chi connectivity index (χ2n) is 7.39. The van der Waals surface area contributed by atoms with Crippen molar-refractivity contribution in [3.05, 3.63) is 0 Å². The Labute approximate surface area is 114 Å². The first-order valence-corrected chi connectivity index (χ1v) is 8.41. The van der Waals surface area contributed by atoms with E-state index >= 15 is 0 Å². The lowest BCUT2D eigenvalue weighted by Gasteiger charge is -2.37. The molecule has 1 nitrogen and oxygen atoms in total. The molecule has 0 bridgehead atoms. The normalized spacial score (nSPS) is 38.0. The van der Waals surface area contributed by atoms with Crippen molar-refractivity contribution < 1.29 is 0 Å². The van der Waals surface area contributed by atoms with E-state index in [1.54, 1.807) is 0 Å². The summed E-state index contributed by atoms with van der Waals surface area (Å²) >= 11 is 0. The van der Waals surface area contributed by atoms with Gasteiger partial charge in [-0.15, -0.1) is 0 Å². The minimum absolute atomic E-state index is 0.821. The average molecular weight is 251 g/mol. The van der Waals surface area contributed by atoms with E-state index in [1.807, 2.05) is 0 Å². The van der Waals surface area contributed by atoms with Crippen molar-refractivity contribution in [1.29, 1.82) is 0 Å². The molecule has 2 aliphatic rings. The first-order chi connectivity index (χ1) is 8.65. The molecular formula is C17H33N. The zero-order valence-electron chi connectivity index (χ0n) is 12.8. The number of hydrogen-bond donors (Lipinski definition) is 1. The van der Waals surface area contributed by atoms with Gasteiger partial charge < -0.3 is 5.32 Å². The molecule has 2 rings (SSSR count). The maximum atomic E-state index is 4.01. The first-order valence-electron chi connectivity index (χ1n) is 8.41. The van der Waals surface area contributed by atoms with Gasteiger partial charge in [0.25, 0.3) is 0 Å². The molecule has 106 valence electrons. The summed E-state index contributed by atoms with van der Waals surface area (Å²) in [6.45, 7) is 7.20. The molecule has 0 aliphatic heterocycles. The quantitative estimate of drug-likeness (QED) is 0.759. The molecule has 0 aromatic heterocycles. The fourth-order valence-electron chi connectivity index (χ4n) is 4.19. The molecule has 0 aromatic carbocycles. The summed E-state index contributed by atoms with van der Waals surface area (Å²) in [6.07, 6.45) is 13.0. The second-order valence-corrected chi connectivity index (χ2v) is 7.39. The van der Waals surface area contributed by atoms with Crippen LogP contribution in [0.3, 0.4) is 0 Å². The largest absolute Gasteiger partial charge is 0.311 e. The lowest BCUT2D eigenvalue weighted by Crippen LogP contribution is -2.45. The molecule has 0 heterocycles. The number of hydrogen-bond acceptors (Lipinski definition) is 1. The van der Waals surface area contributed by atoms with Crippen molar-refractivity contribution in [2.24, 2.45) is 17.8 Å². The van der Waals surface area contributed by atoms with Gasteiger partial charge in [-0.3, -0.25) is 0 Å². The molecule has 0 aromatic rings. The number of rotatable bonds is 4. The molecule has 1 heteroatoms. The molecule has 4 unspecified atom stereocenters. The van der Waals surface area contributed by atoms with Crippen LogP contribution in [0.5, 0.6) is 0 Å². The average Bonchev–Trinajstić information content (AvgIpc) is 2.32. The second kappa shape index (κ2) is 6.93. The third-order valence-corrected chi connectivity index (χ3v) is 5.15. The van der Waals surface area contributed by atoms with E-state index in [-0.39, 0.29) is 0 Å². The monoisotopic (exact) mass is 251 g/mol. The van der Waals surface area contributed by atoms with Crippen molar-refractivity contribution in [3.63, 3.8) is 0 Å². The fourth-order valence-corrected chi connectivity index (χ4v) is 4.19. The minimum atomic E-state index is 0.821. The molecule has 18 heavy (non-hydrogen) atoms. The fraction of sp³-hybridized carbons (Fsp3) is 1.00. The molecule has 0 saturated heterocycles. The van der Waals surface area contributed by atoms with Crippen LogP contribution < -0.4 is 5.32 Å². The van der Waals surface area contributed by atoms with Crippen LogP contribution in [-0.4, -0.2) is 12.1 Å². The van der Waals surface area contributed by atoms with Gasteiger partial charge in [-0.2, -0.15) is 0 Å². The van der Waals surface area contributed by atoms with Crippen LogP contribution in [0, 0.1) is 17.8 Å². The molecule has 0 amide bonds. The van der Waals surface area contributed by atoms with E-state index in [2.05, 4.69) is 26.1 Å².